The summed E-state index contributed by atoms with van der Waals surface area (Å²) >= 11 is 0. The Hall–Kier alpha value is -1.25. The van der Waals surface area contributed by atoms with Gasteiger partial charge in [-0.15, -0.1) is 0 Å². The van der Waals surface area contributed by atoms with E-state index in [2.05, 4.69) is 18.9 Å². The predicted molar refractivity (Wildman–Crippen MR) is 55.0 cm³/mol. The van der Waals surface area contributed by atoms with E-state index in [1.807, 2.05) is 30.9 Å². The van der Waals surface area contributed by atoms with Crippen molar-refractivity contribution in [1.82, 2.24) is 9.78 Å². The number of aromatic nitrogens is 2. The average molecular weight is 179 g/mol. The third-order valence-electron chi connectivity index (χ3n) is 2.19. The molecule has 1 rings (SSSR count). The van der Waals surface area contributed by atoms with E-state index >= 15 is 0 Å². The quantitative estimate of drug-likeness (QED) is 0.656. The summed E-state index contributed by atoms with van der Waals surface area (Å²) in [7, 11) is 1.92. The maximum Gasteiger partial charge on any atom is 0.0653 e. The summed E-state index contributed by atoms with van der Waals surface area (Å²) < 4.78 is 1.84. The van der Waals surface area contributed by atoms with Crippen LogP contribution in [-0.2, 0) is 7.05 Å². The number of nitrogens with two attached hydrogens (primary N) is 1. The molecule has 0 amide bonds. The van der Waals surface area contributed by atoms with Gasteiger partial charge in [0.2, 0.25) is 0 Å². The zero-order chi connectivity index (χ0) is 10.0. The Bertz CT molecular complexity index is 398. The van der Waals surface area contributed by atoms with Crippen molar-refractivity contribution in [3.63, 3.8) is 0 Å². The molecule has 1 aromatic heterocycles. The summed E-state index contributed by atoms with van der Waals surface area (Å²) in [4.78, 5) is 0. The molecule has 0 saturated heterocycles. The topological polar surface area (TPSA) is 43.8 Å². The number of nitrogens with zero attached hydrogens (tertiary/aromatic N) is 2. The van der Waals surface area contributed by atoms with Gasteiger partial charge in [0, 0.05) is 18.0 Å². The monoisotopic (exact) mass is 179 g/mol. The molecule has 0 aliphatic heterocycles. The Morgan fingerprint density at radius 2 is 2.23 bits per heavy atom. The molecule has 0 aliphatic rings. The van der Waals surface area contributed by atoms with Crippen LogP contribution in [-0.4, -0.2) is 9.78 Å². The lowest BCUT2D eigenvalue weighted by molar-refractivity contribution is 0.741. The van der Waals surface area contributed by atoms with Crippen LogP contribution in [0.1, 0.15) is 20.8 Å². The first-order valence-corrected chi connectivity index (χ1v) is 4.52. The fourth-order valence-corrected chi connectivity index (χ4v) is 1.32. The highest BCUT2D eigenvalue weighted by Crippen LogP contribution is 1.98. The second-order valence-corrected chi connectivity index (χ2v) is 3.47. The maximum atomic E-state index is 5.97. The molecule has 0 aliphatic carbocycles. The van der Waals surface area contributed by atoms with Crippen molar-refractivity contribution in [1.29, 1.82) is 0 Å². The average Bonchev–Trinajstić information content (AvgIpc) is 2.45. The van der Waals surface area contributed by atoms with Crippen LogP contribution in [0, 0.1) is 5.92 Å². The second kappa shape index (κ2) is 3.64. The van der Waals surface area contributed by atoms with Crippen molar-refractivity contribution in [2.24, 2.45) is 18.7 Å². The van der Waals surface area contributed by atoms with Crippen molar-refractivity contribution >= 4 is 11.8 Å². The molecule has 3 heteroatoms. The Kier molecular flexibility index (Phi) is 2.76. The lowest BCUT2D eigenvalue weighted by atomic mass is 10.1. The second-order valence-electron chi connectivity index (χ2n) is 3.47. The van der Waals surface area contributed by atoms with Crippen molar-refractivity contribution in [3.05, 3.63) is 16.8 Å². The molecule has 0 unspecified atom stereocenters. The minimum absolute atomic E-state index is 0.364. The molecule has 0 fully saturated rings. The van der Waals surface area contributed by atoms with E-state index in [9.17, 15) is 0 Å². The molecular weight excluding hydrogens is 162 g/mol. The van der Waals surface area contributed by atoms with E-state index in [0.29, 0.717) is 5.92 Å². The minimum atomic E-state index is 0.364. The van der Waals surface area contributed by atoms with Gasteiger partial charge < -0.3 is 5.73 Å². The Balaban J connectivity index is 3.56. The first-order valence-electron chi connectivity index (χ1n) is 4.52. The van der Waals surface area contributed by atoms with Gasteiger partial charge in [-0.1, -0.05) is 19.9 Å². The third-order valence-corrected chi connectivity index (χ3v) is 2.19. The van der Waals surface area contributed by atoms with Gasteiger partial charge in [0.1, 0.15) is 0 Å². The van der Waals surface area contributed by atoms with Crippen LogP contribution in [0.2, 0.25) is 0 Å². The molecule has 0 aromatic carbocycles. The summed E-state index contributed by atoms with van der Waals surface area (Å²) in [6.07, 6.45) is 3.85. The zero-order valence-corrected chi connectivity index (χ0v) is 8.70. The van der Waals surface area contributed by atoms with E-state index in [1.54, 1.807) is 0 Å². The van der Waals surface area contributed by atoms with Crippen molar-refractivity contribution in [2.75, 3.05) is 0 Å². The normalized spacial score (nSPS) is 15.3. The van der Waals surface area contributed by atoms with Gasteiger partial charge in [-0.2, -0.15) is 5.10 Å². The Morgan fingerprint density at radius 3 is 2.69 bits per heavy atom. The van der Waals surface area contributed by atoms with E-state index in [1.165, 1.54) is 0 Å². The number of aryl methyl sites for hydroxylation is 1. The van der Waals surface area contributed by atoms with Gasteiger partial charge in [0.05, 0.1) is 11.5 Å². The van der Waals surface area contributed by atoms with E-state index in [4.69, 9.17) is 5.73 Å². The van der Waals surface area contributed by atoms with Gasteiger partial charge >= 0.3 is 0 Å². The van der Waals surface area contributed by atoms with Gasteiger partial charge in [-0.05, 0) is 12.8 Å². The molecule has 0 radical (unpaired) electrons. The molecule has 1 aromatic rings. The molecule has 0 saturated carbocycles. The van der Waals surface area contributed by atoms with E-state index in [0.717, 1.165) is 16.3 Å². The molecule has 13 heavy (non-hydrogen) atoms. The predicted octanol–water partition coefficient (Wildman–Crippen LogP) is -0.0566. The number of rotatable bonds is 1. The fourth-order valence-electron chi connectivity index (χ4n) is 1.32. The zero-order valence-electron chi connectivity index (χ0n) is 8.70. The van der Waals surface area contributed by atoms with Crippen LogP contribution in [0.5, 0.6) is 0 Å². The van der Waals surface area contributed by atoms with Crippen LogP contribution in [0.15, 0.2) is 6.20 Å². The first kappa shape index (κ1) is 9.84. The van der Waals surface area contributed by atoms with Gasteiger partial charge in [-0.3, -0.25) is 4.68 Å². The molecule has 2 N–H and O–H groups in total. The van der Waals surface area contributed by atoms with Crippen LogP contribution in [0.25, 0.3) is 11.8 Å². The molecule has 72 valence electrons. The van der Waals surface area contributed by atoms with Crippen LogP contribution in [0.3, 0.4) is 0 Å². The lowest BCUT2D eigenvalue weighted by Crippen LogP contribution is -2.32. The van der Waals surface area contributed by atoms with Crippen molar-refractivity contribution < 1.29 is 0 Å². The number of hydrogen-bond acceptors (Lipinski definition) is 2. The SMILES string of the molecule is C/C=c1\c(=C(/N)C(C)C)cnn1C. The highest BCUT2D eigenvalue weighted by molar-refractivity contribution is 5.42. The lowest BCUT2D eigenvalue weighted by Gasteiger charge is -2.02. The first-order chi connectivity index (χ1) is 6.07. The molecule has 0 bridgehead atoms. The molecular formula is C10H17N3. The molecule has 0 spiro atoms. The van der Waals surface area contributed by atoms with Crippen molar-refractivity contribution in [3.8, 4) is 0 Å². The highest BCUT2D eigenvalue weighted by Gasteiger charge is 2.01. The van der Waals surface area contributed by atoms with E-state index in [-0.39, 0.29) is 0 Å². The molecule has 1 heterocycles. The smallest absolute Gasteiger partial charge is 0.0653 e. The van der Waals surface area contributed by atoms with Gasteiger partial charge in [0.25, 0.3) is 0 Å². The van der Waals surface area contributed by atoms with Crippen LogP contribution >= 0.6 is 0 Å². The van der Waals surface area contributed by atoms with Crippen LogP contribution < -0.4 is 16.3 Å². The summed E-state index contributed by atoms with van der Waals surface area (Å²) in [6.45, 7) is 6.16. The largest absolute Gasteiger partial charge is 0.401 e. The minimum Gasteiger partial charge on any atom is -0.401 e. The Labute approximate surface area is 78.6 Å². The highest BCUT2D eigenvalue weighted by atomic mass is 15.2. The van der Waals surface area contributed by atoms with Crippen molar-refractivity contribution in [2.45, 2.75) is 20.8 Å². The van der Waals surface area contributed by atoms with Crippen LogP contribution in [0.4, 0.5) is 0 Å². The standard InChI is InChI=1S/C10H17N3/c1-5-9-8(6-12-13(9)4)10(11)7(2)3/h5-7H,11H2,1-4H3/b9-5+,10-8-. The molecule has 0 atom stereocenters. The van der Waals surface area contributed by atoms with Gasteiger partial charge in [-0.25, -0.2) is 0 Å². The Morgan fingerprint density at radius 1 is 1.62 bits per heavy atom. The molecule has 3 nitrogen and oxygen atoms in total. The summed E-state index contributed by atoms with van der Waals surface area (Å²) in [5, 5.41) is 6.32. The number of hydrogen-bond donors (Lipinski definition) is 1. The fraction of sp³-hybridized carbons (Fsp3) is 0.500. The summed E-state index contributed by atoms with van der Waals surface area (Å²) in [5.41, 5.74) is 6.87. The maximum absolute atomic E-state index is 5.97. The summed E-state index contributed by atoms with van der Waals surface area (Å²) in [6, 6.07) is 0. The van der Waals surface area contributed by atoms with Gasteiger partial charge in [0.15, 0.2) is 0 Å². The third kappa shape index (κ3) is 1.74. The summed E-state index contributed by atoms with van der Waals surface area (Å²) in [5.74, 6) is 0.364. The van der Waals surface area contributed by atoms with E-state index < -0.39 is 0 Å².